The Balaban J connectivity index is 1.33. The molecular formula is C33H29NO4S. The van der Waals surface area contributed by atoms with Crippen LogP contribution in [-0.2, 0) is 22.7 Å². The molecule has 0 aliphatic carbocycles. The Hall–Kier alpha value is -4.29. The number of carbonyl (C=O) groups is 2. The fourth-order valence-electron chi connectivity index (χ4n) is 4.31. The molecular weight excluding hydrogens is 506 g/mol. The van der Waals surface area contributed by atoms with E-state index in [4.69, 9.17) is 9.47 Å². The topological polar surface area (TPSA) is 55.8 Å². The number of rotatable bonds is 9. The van der Waals surface area contributed by atoms with Gasteiger partial charge in [0.15, 0.2) is 0 Å². The van der Waals surface area contributed by atoms with Gasteiger partial charge in [-0.3, -0.25) is 4.79 Å². The van der Waals surface area contributed by atoms with E-state index >= 15 is 0 Å². The summed E-state index contributed by atoms with van der Waals surface area (Å²) in [5.41, 5.74) is 4.55. The summed E-state index contributed by atoms with van der Waals surface area (Å²) in [5, 5.41) is -0.150. The van der Waals surface area contributed by atoms with E-state index in [9.17, 15) is 9.59 Å². The lowest BCUT2D eigenvalue weighted by atomic mass is 10.1. The van der Waals surface area contributed by atoms with Gasteiger partial charge in [0.05, 0.1) is 17.1 Å². The summed E-state index contributed by atoms with van der Waals surface area (Å²) in [4.78, 5) is 28.2. The highest BCUT2D eigenvalue weighted by atomic mass is 32.2. The minimum atomic E-state index is -0.347. The normalized spacial score (nSPS) is 15.9. The minimum absolute atomic E-state index is 0.0206. The first kappa shape index (κ1) is 26.3. The van der Waals surface area contributed by atoms with E-state index < -0.39 is 0 Å². The van der Waals surface area contributed by atoms with Gasteiger partial charge in [0.2, 0.25) is 0 Å². The average molecular weight is 536 g/mol. The van der Waals surface area contributed by atoms with E-state index in [1.807, 2.05) is 108 Å². The van der Waals surface area contributed by atoms with E-state index in [1.165, 1.54) is 0 Å². The maximum atomic E-state index is 13.6. The predicted molar refractivity (Wildman–Crippen MR) is 155 cm³/mol. The molecule has 1 heterocycles. The monoisotopic (exact) mass is 535 g/mol. The van der Waals surface area contributed by atoms with Crippen LogP contribution in [0.2, 0.25) is 0 Å². The van der Waals surface area contributed by atoms with Crippen molar-refractivity contribution in [2.75, 3.05) is 6.61 Å². The lowest BCUT2D eigenvalue weighted by Crippen LogP contribution is -2.27. The molecule has 1 aliphatic heterocycles. The van der Waals surface area contributed by atoms with Crippen LogP contribution in [0.25, 0.3) is 6.08 Å². The molecule has 196 valence electrons. The molecule has 1 aliphatic rings. The van der Waals surface area contributed by atoms with Crippen LogP contribution in [0.3, 0.4) is 0 Å². The van der Waals surface area contributed by atoms with Gasteiger partial charge in [-0.25, -0.2) is 4.79 Å². The zero-order chi connectivity index (χ0) is 27.0. The van der Waals surface area contributed by atoms with E-state index in [2.05, 4.69) is 0 Å². The van der Waals surface area contributed by atoms with Crippen molar-refractivity contribution >= 4 is 29.7 Å². The smallest absolute Gasteiger partial charge is 0.338 e. The largest absolute Gasteiger partial charge is 0.489 e. The summed E-state index contributed by atoms with van der Waals surface area (Å²) in [6, 6.07) is 35.1. The van der Waals surface area contributed by atoms with Gasteiger partial charge < -0.3 is 14.4 Å². The van der Waals surface area contributed by atoms with Gasteiger partial charge in [-0.15, -0.1) is 0 Å². The van der Waals surface area contributed by atoms with Gasteiger partial charge in [-0.1, -0.05) is 96.7 Å². The third-order valence-corrected chi connectivity index (χ3v) is 7.62. The number of carbonyl (C=O) groups excluding carboxylic acids is 2. The molecule has 1 amide bonds. The third-order valence-electron chi connectivity index (χ3n) is 6.32. The van der Waals surface area contributed by atoms with Gasteiger partial charge in [0.1, 0.15) is 17.7 Å². The van der Waals surface area contributed by atoms with Crippen LogP contribution in [0.1, 0.15) is 44.9 Å². The van der Waals surface area contributed by atoms with E-state index in [-0.39, 0.29) is 17.3 Å². The Kier molecular flexibility index (Phi) is 8.44. The molecule has 5 nitrogen and oxygen atoms in total. The molecule has 5 rings (SSSR count). The molecule has 1 atom stereocenters. The summed E-state index contributed by atoms with van der Waals surface area (Å²) in [5.74, 6) is 0.412. The van der Waals surface area contributed by atoms with Crippen LogP contribution in [0.4, 0.5) is 0 Å². The van der Waals surface area contributed by atoms with Crippen molar-refractivity contribution in [3.8, 4) is 5.75 Å². The summed E-state index contributed by atoms with van der Waals surface area (Å²) >= 11 is 1.55. The van der Waals surface area contributed by atoms with Crippen LogP contribution in [0.5, 0.6) is 5.75 Å². The van der Waals surface area contributed by atoms with E-state index in [1.54, 1.807) is 30.8 Å². The third kappa shape index (κ3) is 6.59. The van der Waals surface area contributed by atoms with Crippen LogP contribution < -0.4 is 4.74 Å². The van der Waals surface area contributed by atoms with Crippen LogP contribution in [0.15, 0.2) is 114 Å². The summed E-state index contributed by atoms with van der Waals surface area (Å²) in [6.07, 6.45) is 1.94. The van der Waals surface area contributed by atoms with Crippen molar-refractivity contribution < 1.29 is 19.1 Å². The standard InChI is InChI=1S/C33H29NO4S/c1-2-37-33(36)28-17-13-25(14-18-28)22-34-31(35)30(39-32(34)27-11-7-4-8-12-27)21-24-15-19-29(20-16-24)38-23-26-9-5-3-6-10-26/h3-21,32H,2,22-23H2,1H3/b30-21-. The molecule has 0 radical (unpaired) electrons. The molecule has 1 fully saturated rings. The van der Waals surface area contributed by atoms with Crippen LogP contribution >= 0.6 is 11.8 Å². The quantitative estimate of drug-likeness (QED) is 0.167. The van der Waals surface area contributed by atoms with Crippen molar-refractivity contribution in [2.24, 2.45) is 0 Å². The highest BCUT2D eigenvalue weighted by Gasteiger charge is 2.37. The number of hydrogen-bond acceptors (Lipinski definition) is 5. The Labute approximate surface area is 233 Å². The molecule has 0 bridgehead atoms. The highest BCUT2D eigenvalue weighted by Crippen LogP contribution is 2.46. The number of amides is 1. The SMILES string of the molecule is CCOC(=O)c1ccc(CN2C(=O)/C(=C/c3ccc(OCc4ccccc4)cc3)SC2c2ccccc2)cc1. The van der Waals surface area contributed by atoms with Crippen molar-refractivity contribution in [3.05, 3.63) is 142 Å². The zero-order valence-electron chi connectivity index (χ0n) is 21.7. The van der Waals surface area contributed by atoms with Gasteiger partial charge in [-0.2, -0.15) is 0 Å². The van der Waals surface area contributed by atoms with E-state index in [0.717, 1.165) is 28.0 Å². The Morgan fingerprint density at radius 1 is 0.846 bits per heavy atom. The lowest BCUT2D eigenvalue weighted by Gasteiger charge is -2.24. The van der Waals surface area contributed by atoms with Gasteiger partial charge in [0, 0.05) is 6.54 Å². The summed E-state index contributed by atoms with van der Waals surface area (Å²) in [6.45, 7) is 3.05. The van der Waals surface area contributed by atoms with Gasteiger partial charge in [-0.05, 0) is 59.5 Å². The first-order valence-electron chi connectivity index (χ1n) is 12.9. The molecule has 39 heavy (non-hydrogen) atoms. The predicted octanol–water partition coefficient (Wildman–Crippen LogP) is 7.26. The van der Waals surface area contributed by atoms with Crippen molar-refractivity contribution in [1.82, 2.24) is 4.90 Å². The first-order valence-corrected chi connectivity index (χ1v) is 13.8. The van der Waals surface area contributed by atoms with Crippen LogP contribution in [0, 0.1) is 0 Å². The summed E-state index contributed by atoms with van der Waals surface area (Å²) < 4.78 is 11.0. The molecule has 0 aromatic heterocycles. The Morgan fingerprint density at radius 3 is 2.18 bits per heavy atom. The Morgan fingerprint density at radius 2 is 1.51 bits per heavy atom. The molecule has 0 spiro atoms. The molecule has 0 N–H and O–H groups in total. The second-order valence-electron chi connectivity index (χ2n) is 9.08. The lowest BCUT2D eigenvalue weighted by molar-refractivity contribution is -0.126. The minimum Gasteiger partial charge on any atom is -0.489 e. The molecule has 1 saturated heterocycles. The second-order valence-corrected chi connectivity index (χ2v) is 10.2. The molecule has 4 aromatic carbocycles. The first-order chi connectivity index (χ1) is 19.1. The maximum Gasteiger partial charge on any atom is 0.338 e. The number of hydrogen-bond donors (Lipinski definition) is 0. The molecule has 0 saturated carbocycles. The number of benzene rings is 4. The average Bonchev–Trinajstić information content (AvgIpc) is 3.28. The maximum absolute atomic E-state index is 13.6. The van der Waals surface area contributed by atoms with Gasteiger partial charge >= 0.3 is 5.97 Å². The fraction of sp³-hybridized carbons (Fsp3) is 0.152. The number of thioether (sulfide) groups is 1. The number of ether oxygens (including phenoxy) is 2. The summed E-state index contributed by atoms with van der Waals surface area (Å²) in [7, 11) is 0. The second kappa shape index (κ2) is 12.5. The zero-order valence-corrected chi connectivity index (χ0v) is 22.5. The molecule has 6 heteroatoms. The molecule has 1 unspecified atom stereocenters. The van der Waals surface area contributed by atoms with Gasteiger partial charge in [0.25, 0.3) is 5.91 Å². The van der Waals surface area contributed by atoms with Crippen molar-refractivity contribution in [2.45, 2.75) is 25.4 Å². The number of esters is 1. The van der Waals surface area contributed by atoms with Crippen molar-refractivity contribution in [3.63, 3.8) is 0 Å². The fourth-order valence-corrected chi connectivity index (χ4v) is 5.56. The van der Waals surface area contributed by atoms with Crippen molar-refractivity contribution in [1.29, 1.82) is 0 Å². The van der Waals surface area contributed by atoms with Crippen LogP contribution in [-0.4, -0.2) is 23.4 Å². The van der Waals surface area contributed by atoms with E-state index in [0.29, 0.717) is 30.2 Å². The Bertz CT molecular complexity index is 1440. The highest BCUT2D eigenvalue weighted by molar-refractivity contribution is 8.04. The number of nitrogens with zero attached hydrogens (tertiary/aromatic N) is 1. The molecule has 4 aromatic rings.